The summed E-state index contributed by atoms with van der Waals surface area (Å²) < 4.78 is 5.62. The van der Waals surface area contributed by atoms with E-state index in [1.807, 2.05) is 24.3 Å². The van der Waals surface area contributed by atoms with Crippen LogP contribution in [-0.4, -0.2) is 41.1 Å². The number of carbonyl (C=O) groups excluding carboxylic acids is 2. The third kappa shape index (κ3) is 12.3. The van der Waals surface area contributed by atoms with Crippen LogP contribution in [0.3, 0.4) is 0 Å². The Hall–Kier alpha value is -1.64. The van der Waals surface area contributed by atoms with Crippen LogP contribution in [0.15, 0.2) is 54.6 Å². The number of unbranched alkanes of at least 4 members (excludes halogenated alkanes) is 3. The maximum absolute atomic E-state index is 12.6. The maximum atomic E-state index is 12.6. The Morgan fingerprint density at radius 1 is 0.651 bits per heavy atom. The van der Waals surface area contributed by atoms with Gasteiger partial charge in [0.2, 0.25) is 5.91 Å². The van der Waals surface area contributed by atoms with E-state index in [9.17, 15) is 9.59 Å². The Morgan fingerprint density at radius 3 is 1.70 bits per heavy atom. The highest BCUT2D eigenvalue weighted by Crippen LogP contribution is 2.40. The minimum Gasteiger partial charge on any atom is -0.445 e. The number of hydrogen-bond acceptors (Lipinski definition) is 3. The normalized spacial score (nSPS) is 11.6. The zero-order valence-corrected chi connectivity index (χ0v) is 30.0. The SMILES string of the molecule is O=C(CCC(CCCBr)(CCCBr)CCCBr)NCCCCCCNC(=O)OCc1c2ccccc2cc2ccccc12. The zero-order chi connectivity index (χ0) is 30.8. The first-order chi connectivity index (χ1) is 21.0. The minimum absolute atomic E-state index is 0.171. The highest BCUT2D eigenvalue weighted by molar-refractivity contribution is 9.09. The molecule has 2 amide bonds. The van der Waals surface area contributed by atoms with Gasteiger partial charge in [-0.1, -0.05) is 109 Å². The molecule has 0 fully saturated rings. The van der Waals surface area contributed by atoms with E-state index in [4.69, 9.17) is 4.74 Å². The molecule has 0 spiro atoms. The predicted octanol–water partition coefficient (Wildman–Crippen LogP) is 10.2. The van der Waals surface area contributed by atoms with Crippen LogP contribution in [0, 0.1) is 5.41 Å². The van der Waals surface area contributed by atoms with Gasteiger partial charge in [-0.05, 0) is 90.8 Å². The number of alkyl carbamates (subject to hydrolysis) is 1. The van der Waals surface area contributed by atoms with Crippen LogP contribution in [0.4, 0.5) is 4.79 Å². The maximum Gasteiger partial charge on any atom is 0.407 e. The average Bonchev–Trinajstić information content (AvgIpc) is 3.03. The molecule has 0 aromatic heterocycles. The lowest BCUT2D eigenvalue weighted by molar-refractivity contribution is -0.121. The molecule has 0 aliphatic heterocycles. The highest BCUT2D eigenvalue weighted by Gasteiger charge is 2.29. The van der Waals surface area contributed by atoms with E-state index in [2.05, 4.69) is 88.8 Å². The quantitative estimate of drug-likeness (QED) is 0.0643. The molecule has 236 valence electrons. The Morgan fingerprint density at radius 2 is 1.16 bits per heavy atom. The first-order valence-corrected chi connectivity index (χ1v) is 19.1. The summed E-state index contributed by atoms with van der Waals surface area (Å²) in [6, 6.07) is 18.6. The van der Waals surface area contributed by atoms with Crippen molar-refractivity contribution in [2.45, 2.75) is 83.7 Å². The van der Waals surface area contributed by atoms with Crippen molar-refractivity contribution in [3.8, 4) is 0 Å². The fourth-order valence-electron chi connectivity index (χ4n) is 6.02. The van der Waals surface area contributed by atoms with Crippen molar-refractivity contribution in [3.05, 3.63) is 60.2 Å². The van der Waals surface area contributed by atoms with Gasteiger partial charge in [-0.25, -0.2) is 4.79 Å². The van der Waals surface area contributed by atoms with Crippen LogP contribution in [0.2, 0.25) is 0 Å². The lowest BCUT2D eigenvalue weighted by Crippen LogP contribution is -2.28. The fraction of sp³-hybridized carbons (Fsp3) is 0.543. The fourth-order valence-corrected chi connectivity index (χ4v) is 6.86. The van der Waals surface area contributed by atoms with Gasteiger partial charge in [-0.15, -0.1) is 0 Å². The zero-order valence-electron chi connectivity index (χ0n) is 25.3. The van der Waals surface area contributed by atoms with Crippen molar-refractivity contribution in [1.82, 2.24) is 10.6 Å². The molecule has 3 aromatic carbocycles. The van der Waals surface area contributed by atoms with Gasteiger partial charge in [0.1, 0.15) is 6.61 Å². The van der Waals surface area contributed by atoms with Gasteiger partial charge >= 0.3 is 6.09 Å². The summed E-state index contributed by atoms with van der Waals surface area (Å²) >= 11 is 10.8. The summed E-state index contributed by atoms with van der Waals surface area (Å²) in [5.41, 5.74) is 1.29. The molecule has 2 N–H and O–H groups in total. The summed E-state index contributed by atoms with van der Waals surface area (Å²) in [4.78, 5) is 25.0. The molecule has 8 heteroatoms. The van der Waals surface area contributed by atoms with Crippen LogP contribution < -0.4 is 10.6 Å². The monoisotopic (exact) mass is 780 g/mol. The first-order valence-electron chi connectivity index (χ1n) is 15.8. The van der Waals surface area contributed by atoms with E-state index in [-0.39, 0.29) is 24.0 Å². The summed E-state index contributed by atoms with van der Waals surface area (Å²) in [5, 5.41) is 13.6. The molecular formula is C35H47Br3N2O3. The number of amides is 2. The van der Waals surface area contributed by atoms with Gasteiger partial charge in [0.15, 0.2) is 0 Å². The average molecular weight is 783 g/mol. The Balaban J connectivity index is 1.31. The molecule has 3 rings (SSSR count). The number of ether oxygens (including phenoxy) is 1. The van der Waals surface area contributed by atoms with E-state index in [1.54, 1.807) is 0 Å². The second-order valence-corrected chi connectivity index (χ2v) is 13.8. The highest BCUT2D eigenvalue weighted by atomic mass is 79.9. The molecule has 5 nitrogen and oxygen atoms in total. The molecule has 0 aliphatic rings. The summed E-state index contributed by atoms with van der Waals surface area (Å²) in [6.07, 6.45) is 12.0. The van der Waals surface area contributed by atoms with Crippen LogP contribution in [0.5, 0.6) is 0 Å². The molecule has 3 aromatic rings. The molecule has 0 unspecified atom stereocenters. The van der Waals surface area contributed by atoms with Gasteiger partial charge in [-0.3, -0.25) is 4.79 Å². The number of nitrogens with one attached hydrogen (secondary N) is 2. The van der Waals surface area contributed by atoms with Crippen LogP contribution in [0.1, 0.15) is 82.6 Å². The number of alkyl halides is 3. The van der Waals surface area contributed by atoms with E-state index < -0.39 is 0 Å². The van der Waals surface area contributed by atoms with Gasteiger partial charge in [0.25, 0.3) is 0 Å². The Bertz CT molecular complexity index is 1190. The first kappa shape index (κ1) is 35.8. The molecule has 0 saturated heterocycles. The molecule has 0 heterocycles. The molecule has 43 heavy (non-hydrogen) atoms. The number of benzene rings is 3. The minimum atomic E-state index is -0.385. The Kier molecular flexibility index (Phi) is 17.0. The van der Waals surface area contributed by atoms with Crippen molar-refractivity contribution in [2.24, 2.45) is 5.41 Å². The molecule has 0 aliphatic carbocycles. The predicted molar refractivity (Wildman–Crippen MR) is 192 cm³/mol. The smallest absolute Gasteiger partial charge is 0.407 e. The number of rotatable bonds is 21. The van der Waals surface area contributed by atoms with Crippen molar-refractivity contribution in [2.75, 3.05) is 29.1 Å². The third-order valence-electron chi connectivity index (χ3n) is 8.33. The van der Waals surface area contributed by atoms with E-state index in [1.165, 1.54) is 19.3 Å². The standard InChI is InChI=1S/C35H47Br3N2O3/c36-21-9-17-35(18-10-22-37,19-11-23-38)20-16-33(41)39-24-7-1-2-8-25-40-34(42)43-27-32-30-14-5-3-12-28(30)26-29-13-4-6-15-31(29)32/h3-6,12-15,26H,1-2,7-11,16-25,27H2,(H,39,41)(H,40,42). The third-order valence-corrected chi connectivity index (χ3v) is 10.0. The lowest BCUT2D eigenvalue weighted by Gasteiger charge is -2.34. The van der Waals surface area contributed by atoms with Gasteiger partial charge in [-0.2, -0.15) is 0 Å². The second-order valence-electron chi connectivity index (χ2n) is 11.4. The second kappa shape index (κ2) is 20.4. The number of fused-ring (bicyclic) bond motifs is 2. The van der Waals surface area contributed by atoms with Crippen molar-refractivity contribution in [3.63, 3.8) is 0 Å². The summed E-state index contributed by atoms with van der Waals surface area (Å²) in [6.45, 7) is 1.53. The molecular weight excluding hydrogens is 736 g/mol. The number of hydrogen-bond donors (Lipinski definition) is 2. The summed E-state index contributed by atoms with van der Waals surface area (Å²) in [7, 11) is 0. The lowest BCUT2D eigenvalue weighted by atomic mass is 9.72. The van der Waals surface area contributed by atoms with E-state index >= 15 is 0 Å². The van der Waals surface area contributed by atoms with Crippen LogP contribution in [-0.2, 0) is 16.1 Å². The summed E-state index contributed by atoms with van der Waals surface area (Å²) in [5.74, 6) is 0.171. The molecule has 0 bridgehead atoms. The van der Waals surface area contributed by atoms with Crippen LogP contribution >= 0.6 is 47.8 Å². The number of carbonyl (C=O) groups is 2. The van der Waals surface area contributed by atoms with Gasteiger partial charge in [0, 0.05) is 41.1 Å². The van der Waals surface area contributed by atoms with E-state index in [0.717, 1.165) is 94.5 Å². The Labute approximate surface area is 283 Å². The van der Waals surface area contributed by atoms with Gasteiger partial charge in [0.05, 0.1) is 0 Å². The van der Waals surface area contributed by atoms with Crippen molar-refractivity contribution < 1.29 is 14.3 Å². The van der Waals surface area contributed by atoms with Gasteiger partial charge < -0.3 is 15.4 Å². The number of halogens is 3. The molecule has 0 saturated carbocycles. The van der Waals surface area contributed by atoms with Crippen molar-refractivity contribution >= 4 is 81.3 Å². The largest absolute Gasteiger partial charge is 0.445 e. The molecule has 0 radical (unpaired) electrons. The van der Waals surface area contributed by atoms with Crippen molar-refractivity contribution in [1.29, 1.82) is 0 Å². The topological polar surface area (TPSA) is 67.4 Å². The molecule has 0 atom stereocenters. The van der Waals surface area contributed by atoms with Crippen LogP contribution in [0.25, 0.3) is 21.5 Å². The van der Waals surface area contributed by atoms with E-state index in [0.29, 0.717) is 19.5 Å².